The van der Waals surface area contributed by atoms with Gasteiger partial charge in [-0.05, 0) is 50.0 Å². The van der Waals surface area contributed by atoms with Gasteiger partial charge in [-0.15, -0.1) is 58.4 Å². The Morgan fingerprint density at radius 1 is 0.568 bits per heavy atom. The molecule has 0 spiro atoms. The fourth-order valence-electron chi connectivity index (χ4n) is 3.36. The van der Waals surface area contributed by atoms with Crippen molar-refractivity contribution in [3.05, 3.63) is 35.2 Å². The predicted octanol–water partition coefficient (Wildman–Crippen LogP) is 12.1. The molecule has 206 valence electrons. The molecule has 0 amide bonds. The lowest BCUT2D eigenvalue weighted by Gasteiger charge is -2.11. The normalized spacial score (nSPS) is 15.8. The van der Waals surface area contributed by atoms with Gasteiger partial charge in [0.25, 0.3) is 0 Å². The first kappa shape index (κ1) is 32.6. The van der Waals surface area contributed by atoms with Crippen LogP contribution in [0.1, 0.15) is 62.1 Å². The fourth-order valence-corrected chi connectivity index (χ4v) is 14.5. The van der Waals surface area contributed by atoms with Gasteiger partial charge in [0.05, 0.1) is 48.4 Å². The van der Waals surface area contributed by atoms with Crippen LogP contribution < -0.4 is 9.47 Å². The second-order valence-electron chi connectivity index (χ2n) is 7.90. The summed E-state index contributed by atoms with van der Waals surface area (Å²) in [6.07, 6.45) is 20.2. The van der Waals surface area contributed by atoms with E-state index in [-0.39, 0.29) is 0 Å². The van der Waals surface area contributed by atoms with E-state index < -0.39 is 0 Å². The molecule has 0 aromatic carbocycles. The molecule has 2 aliphatic heterocycles. The molecule has 0 bridgehead atoms. The van der Waals surface area contributed by atoms with E-state index in [0.717, 1.165) is 37.6 Å². The summed E-state index contributed by atoms with van der Waals surface area (Å²) in [5.74, 6) is 1.86. The van der Waals surface area contributed by atoms with Crippen LogP contribution >= 0.6 is 105 Å². The molecule has 11 heteroatoms. The van der Waals surface area contributed by atoms with E-state index in [0.29, 0.717) is 0 Å². The Kier molecular flexibility index (Phi) is 15.7. The Labute approximate surface area is 262 Å². The summed E-state index contributed by atoms with van der Waals surface area (Å²) < 4.78 is 21.2. The number of thiophene rings is 1. The van der Waals surface area contributed by atoms with Gasteiger partial charge in [0.15, 0.2) is 11.5 Å². The van der Waals surface area contributed by atoms with Crippen LogP contribution in [-0.2, 0) is 0 Å². The van der Waals surface area contributed by atoms with Crippen molar-refractivity contribution in [3.8, 4) is 11.5 Å². The summed E-state index contributed by atoms with van der Waals surface area (Å²) in [5, 5.41) is 0. The minimum absolute atomic E-state index is 0.727. The predicted molar refractivity (Wildman–Crippen MR) is 189 cm³/mol. The lowest BCUT2D eigenvalue weighted by Crippen LogP contribution is -2.02. The summed E-state index contributed by atoms with van der Waals surface area (Å²) in [5.41, 5.74) is 0. The average Bonchev–Trinajstić information content (AvgIpc) is 3.59. The van der Waals surface area contributed by atoms with Crippen molar-refractivity contribution in [1.29, 1.82) is 0 Å². The summed E-state index contributed by atoms with van der Waals surface area (Å²) >= 11 is 16.7. The molecule has 0 aliphatic carbocycles. The molecule has 0 radical (unpaired) electrons. The first-order chi connectivity index (χ1) is 18.1. The van der Waals surface area contributed by atoms with Crippen LogP contribution in [-0.4, -0.2) is 38.2 Å². The molecular formula is C26H36O2S9. The monoisotopic (exact) mass is 668 g/mol. The third-order valence-corrected chi connectivity index (χ3v) is 16.4. The van der Waals surface area contributed by atoms with E-state index in [1.165, 1.54) is 60.9 Å². The quantitative estimate of drug-likeness (QED) is 0.158. The van der Waals surface area contributed by atoms with Gasteiger partial charge in [0.1, 0.15) is 0 Å². The molecule has 0 unspecified atom stereocenters. The summed E-state index contributed by atoms with van der Waals surface area (Å²) in [7, 11) is 0. The van der Waals surface area contributed by atoms with Crippen molar-refractivity contribution >= 4 is 118 Å². The highest BCUT2D eigenvalue weighted by molar-refractivity contribution is 8.41. The molecule has 37 heavy (non-hydrogen) atoms. The number of thioether (sulfide) groups is 8. The van der Waals surface area contributed by atoms with Crippen molar-refractivity contribution in [2.24, 2.45) is 0 Å². The maximum Gasteiger partial charge on any atom is 0.179 e. The van der Waals surface area contributed by atoms with Crippen molar-refractivity contribution in [2.75, 3.05) is 38.2 Å². The third-order valence-electron chi connectivity index (χ3n) is 5.21. The standard InChI is InChI=1S/C26H36O2S9/c1-7-9-11-13-27-21-17(15-19-34-23(29-3)24(30-4)35-19)33-18(22(21)28-14-12-10-8-2)16-20-36-25(31-5)26(32-6)37-20/h15-16H,7-14H2,1-6H3. The zero-order chi connectivity index (χ0) is 26.6. The van der Waals surface area contributed by atoms with Crippen molar-refractivity contribution < 1.29 is 9.47 Å². The number of rotatable bonds is 16. The molecule has 0 saturated carbocycles. The number of unbranched alkanes of at least 4 members (excludes halogenated alkanes) is 4. The van der Waals surface area contributed by atoms with Crippen molar-refractivity contribution in [2.45, 2.75) is 52.4 Å². The highest BCUT2D eigenvalue weighted by Crippen LogP contribution is 2.59. The lowest BCUT2D eigenvalue weighted by molar-refractivity contribution is 0.261. The van der Waals surface area contributed by atoms with Crippen LogP contribution in [0.15, 0.2) is 25.4 Å². The summed E-state index contributed by atoms with van der Waals surface area (Å²) in [4.78, 5) is 2.34. The second-order valence-corrected chi connectivity index (χ2v) is 18.0. The molecule has 0 saturated heterocycles. The van der Waals surface area contributed by atoms with Crippen LogP contribution in [0.2, 0.25) is 0 Å². The molecule has 0 fully saturated rings. The van der Waals surface area contributed by atoms with Gasteiger partial charge in [-0.2, -0.15) is 0 Å². The van der Waals surface area contributed by atoms with Gasteiger partial charge in [-0.25, -0.2) is 0 Å². The molecule has 3 heterocycles. The largest absolute Gasteiger partial charge is 0.488 e. The molecule has 1 aromatic heterocycles. The van der Waals surface area contributed by atoms with Crippen LogP contribution in [0, 0.1) is 0 Å². The second kappa shape index (κ2) is 17.8. The Hall–Kier alpha value is 1.06. The molecule has 2 aliphatic rings. The SMILES string of the molecule is CCCCCOc1c(C=C2SC(SC)=C(SC)S2)sc(C=C2SC(SC)=C(SC)S2)c1OCCCCC. The third kappa shape index (κ3) is 9.55. The van der Waals surface area contributed by atoms with E-state index in [2.05, 4.69) is 51.0 Å². The molecule has 0 atom stereocenters. The lowest BCUT2D eigenvalue weighted by atomic mass is 10.2. The van der Waals surface area contributed by atoms with E-state index >= 15 is 0 Å². The molecule has 3 rings (SSSR count). The Bertz CT molecular complexity index is 909. The summed E-state index contributed by atoms with van der Waals surface area (Å²) in [6.45, 7) is 5.92. The van der Waals surface area contributed by atoms with Gasteiger partial charge in [-0.1, -0.05) is 86.6 Å². The van der Waals surface area contributed by atoms with Crippen LogP contribution in [0.25, 0.3) is 12.2 Å². The molecule has 0 N–H and O–H groups in total. The van der Waals surface area contributed by atoms with Crippen molar-refractivity contribution in [1.82, 2.24) is 0 Å². The topological polar surface area (TPSA) is 18.5 Å². The zero-order valence-corrected chi connectivity index (χ0v) is 29.7. The Morgan fingerprint density at radius 2 is 0.919 bits per heavy atom. The Balaban J connectivity index is 1.97. The summed E-state index contributed by atoms with van der Waals surface area (Å²) in [6, 6.07) is 0. The smallest absolute Gasteiger partial charge is 0.179 e. The van der Waals surface area contributed by atoms with E-state index in [1.807, 2.05) is 94.1 Å². The maximum absolute atomic E-state index is 6.51. The van der Waals surface area contributed by atoms with Crippen LogP contribution in [0.5, 0.6) is 11.5 Å². The van der Waals surface area contributed by atoms with Gasteiger partial charge in [0, 0.05) is 0 Å². The molecule has 2 nitrogen and oxygen atoms in total. The number of ether oxygens (including phenoxy) is 2. The van der Waals surface area contributed by atoms with Crippen LogP contribution in [0.3, 0.4) is 0 Å². The van der Waals surface area contributed by atoms with Gasteiger partial charge in [0.2, 0.25) is 0 Å². The molecule has 1 aromatic rings. The first-order valence-electron chi connectivity index (χ1n) is 12.3. The number of hydrogen-bond acceptors (Lipinski definition) is 11. The molecular weight excluding hydrogens is 633 g/mol. The highest BCUT2D eigenvalue weighted by atomic mass is 32.3. The maximum atomic E-state index is 6.51. The van der Waals surface area contributed by atoms with Gasteiger partial charge >= 0.3 is 0 Å². The fraction of sp³-hybridized carbons (Fsp3) is 0.538. The average molecular weight is 669 g/mol. The van der Waals surface area contributed by atoms with Crippen LogP contribution in [0.4, 0.5) is 0 Å². The highest BCUT2D eigenvalue weighted by Gasteiger charge is 2.26. The van der Waals surface area contributed by atoms with E-state index in [4.69, 9.17) is 9.47 Å². The van der Waals surface area contributed by atoms with E-state index in [1.54, 1.807) is 11.3 Å². The first-order valence-corrected chi connectivity index (χ1v) is 21.3. The minimum atomic E-state index is 0.727. The zero-order valence-electron chi connectivity index (χ0n) is 22.3. The number of hydrogen-bond donors (Lipinski definition) is 0. The van der Waals surface area contributed by atoms with Gasteiger partial charge < -0.3 is 9.47 Å². The van der Waals surface area contributed by atoms with Gasteiger partial charge in [-0.3, -0.25) is 0 Å². The van der Waals surface area contributed by atoms with Crippen molar-refractivity contribution in [3.63, 3.8) is 0 Å². The Morgan fingerprint density at radius 3 is 1.22 bits per heavy atom. The minimum Gasteiger partial charge on any atom is -0.488 e. The van der Waals surface area contributed by atoms with E-state index in [9.17, 15) is 0 Å².